The van der Waals surface area contributed by atoms with Gasteiger partial charge < -0.3 is 4.74 Å². The minimum Gasteiger partial charge on any atom is -0.370 e. The van der Waals surface area contributed by atoms with Gasteiger partial charge in [0.1, 0.15) is 6.10 Å². The lowest BCUT2D eigenvalue weighted by molar-refractivity contribution is -0.134. The minimum atomic E-state index is -0.157. The van der Waals surface area contributed by atoms with Gasteiger partial charge >= 0.3 is 0 Å². The third-order valence-corrected chi connectivity index (χ3v) is 2.64. The van der Waals surface area contributed by atoms with Crippen molar-refractivity contribution >= 4 is 5.78 Å². The summed E-state index contributed by atoms with van der Waals surface area (Å²) in [6.45, 7) is 8.87. The highest BCUT2D eigenvalue weighted by Gasteiger charge is 2.25. The molecule has 0 aliphatic carbocycles. The molecule has 0 heterocycles. The first-order valence-corrected chi connectivity index (χ1v) is 5.85. The summed E-state index contributed by atoms with van der Waals surface area (Å²) in [5.41, 5.74) is 0. The number of rotatable bonds is 8. The van der Waals surface area contributed by atoms with Gasteiger partial charge in [-0.1, -0.05) is 33.6 Å². The fraction of sp³-hybridized carbons (Fsp3) is 0.917. The van der Waals surface area contributed by atoms with Crippen molar-refractivity contribution in [3.8, 4) is 0 Å². The molecule has 0 aromatic heterocycles. The molecule has 0 N–H and O–H groups in total. The van der Waals surface area contributed by atoms with Crippen LogP contribution in [0.5, 0.6) is 0 Å². The van der Waals surface area contributed by atoms with Gasteiger partial charge in [-0.15, -0.1) is 0 Å². The number of carbonyl (C=O) groups excluding carboxylic acids is 1. The van der Waals surface area contributed by atoms with Crippen molar-refractivity contribution in [3.63, 3.8) is 0 Å². The van der Waals surface area contributed by atoms with Gasteiger partial charge in [0.2, 0.25) is 0 Å². The Morgan fingerprint density at radius 3 is 2.07 bits per heavy atom. The van der Waals surface area contributed by atoms with Crippen LogP contribution in [0.15, 0.2) is 0 Å². The molecule has 0 bridgehead atoms. The van der Waals surface area contributed by atoms with E-state index in [4.69, 9.17) is 4.74 Å². The quantitative estimate of drug-likeness (QED) is 0.601. The van der Waals surface area contributed by atoms with E-state index in [0.29, 0.717) is 18.9 Å². The van der Waals surface area contributed by atoms with Crippen LogP contribution in [-0.2, 0) is 9.53 Å². The van der Waals surface area contributed by atoms with E-state index in [-0.39, 0.29) is 11.9 Å². The van der Waals surface area contributed by atoms with E-state index in [2.05, 4.69) is 13.8 Å². The van der Waals surface area contributed by atoms with E-state index in [9.17, 15) is 4.79 Å². The molecule has 0 spiro atoms. The van der Waals surface area contributed by atoms with Crippen molar-refractivity contribution in [1.29, 1.82) is 0 Å². The average Bonchev–Trinajstić information content (AvgIpc) is 2.18. The lowest BCUT2D eigenvalue weighted by Crippen LogP contribution is -2.32. The first kappa shape index (κ1) is 13.6. The van der Waals surface area contributed by atoms with Gasteiger partial charge in [-0.05, 0) is 19.3 Å². The summed E-state index contributed by atoms with van der Waals surface area (Å²) < 4.78 is 5.55. The topological polar surface area (TPSA) is 26.3 Å². The minimum absolute atomic E-state index is 0.157. The molecule has 2 heteroatoms. The molecule has 84 valence electrons. The molecule has 0 rings (SSSR count). The molecule has 2 nitrogen and oxygen atoms in total. The monoisotopic (exact) mass is 200 g/mol. The largest absolute Gasteiger partial charge is 0.370 e. The average molecular weight is 200 g/mol. The standard InChI is InChI=1S/C12H24O2/c1-5-9-11(13)12(14-8-4)10(6-2)7-3/h10,12H,5-9H2,1-4H3. The maximum Gasteiger partial charge on any atom is 0.161 e. The lowest BCUT2D eigenvalue weighted by atomic mass is 9.92. The third-order valence-electron chi connectivity index (χ3n) is 2.64. The Hall–Kier alpha value is -0.370. The Labute approximate surface area is 88.0 Å². The molecular weight excluding hydrogens is 176 g/mol. The highest BCUT2D eigenvalue weighted by atomic mass is 16.5. The number of carbonyl (C=O) groups is 1. The zero-order valence-corrected chi connectivity index (χ0v) is 10.0. The van der Waals surface area contributed by atoms with Gasteiger partial charge in [-0.3, -0.25) is 4.79 Å². The van der Waals surface area contributed by atoms with Crippen molar-refractivity contribution in [2.45, 2.75) is 59.5 Å². The molecule has 1 atom stereocenters. The fourth-order valence-corrected chi connectivity index (χ4v) is 1.78. The Kier molecular flexibility index (Phi) is 7.77. The van der Waals surface area contributed by atoms with E-state index in [1.54, 1.807) is 0 Å². The van der Waals surface area contributed by atoms with Gasteiger partial charge in [0, 0.05) is 13.0 Å². The lowest BCUT2D eigenvalue weighted by Gasteiger charge is -2.23. The van der Waals surface area contributed by atoms with Crippen LogP contribution in [-0.4, -0.2) is 18.5 Å². The predicted octanol–water partition coefficient (Wildman–Crippen LogP) is 3.20. The zero-order valence-electron chi connectivity index (χ0n) is 10.0. The van der Waals surface area contributed by atoms with E-state index in [1.165, 1.54) is 0 Å². The number of Topliss-reactive ketones (excluding diaryl/α,β-unsaturated/α-hetero) is 1. The predicted molar refractivity (Wildman–Crippen MR) is 59.4 cm³/mol. The van der Waals surface area contributed by atoms with Crippen LogP contribution >= 0.6 is 0 Å². The maximum absolute atomic E-state index is 11.8. The van der Waals surface area contributed by atoms with Gasteiger partial charge in [0.25, 0.3) is 0 Å². The highest BCUT2D eigenvalue weighted by molar-refractivity contribution is 5.83. The van der Waals surface area contributed by atoms with Crippen LogP contribution in [0.4, 0.5) is 0 Å². The first-order chi connectivity index (χ1) is 6.71. The molecule has 0 saturated heterocycles. The van der Waals surface area contributed by atoms with Crippen molar-refractivity contribution in [2.24, 2.45) is 5.92 Å². The van der Waals surface area contributed by atoms with Crippen molar-refractivity contribution in [2.75, 3.05) is 6.61 Å². The molecule has 0 aromatic rings. The maximum atomic E-state index is 11.8. The van der Waals surface area contributed by atoms with Crippen molar-refractivity contribution in [3.05, 3.63) is 0 Å². The normalized spacial score (nSPS) is 13.2. The number of ketones is 1. The summed E-state index contributed by atoms with van der Waals surface area (Å²) >= 11 is 0. The molecule has 0 radical (unpaired) electrons. The summed E-state index contributed by atoms with van der Waals surface area (Å²) in [6.07, 6.45) is 3.46. The first-order valence-electron chi connectivity index (χ1n) is 5.85. The number of ether oxygens (including phenoxy) is 1. The van der Waals surface area contributed by atoms with Gasteiger partial charge in [-0.2, -0.15) is 0 Å². The van der Waals surface area contributed by atoms with Gasteiger partial charge in [0.15, 0.2) is 5.78 Å². The van der Waals surface area contributed by atoms with Crippen LogP contribution in [0.3, 0.4) is 0 Å². The van der Waals surface area contributed by atoms with E-state index < -0.39 is 0 Å². The summed E-state index contributed by atoms with van der Waals surface area (Å²) in [4.78, 5) is 11.8. The number of hydrogen-bond donors (Lipinski definition) is 0. The molecule has 0 fully saturated rings. The molecule has 14 heavy (non-hydrogen) atoms. The Bertz CT molecular complexity index is 150. The van der Waals surface area contributed by atoms with Gasteiger partial charge in [0.05, 0.1) is 0 Å². The molecule has 0 aromatic carbocycles. The van der Waals surface area contributed by atoms with Crippen molar-refractivity contribution in [1.82, 2.24) is 0 Å². The molecular formula is C12H24O2. The summed E-state index contributed by atoms with van der Waals surface area (Å²) in [6, 6.07) is 0. The third kappa shape index (κ3) is 4.23. The zero-order chi connectivity index (χ0) is 11.0. The Balaban J connectivity index is 4.31. The molecule has 1 unspecified atom stereocenters. The smallest absolute Gasteiger partial charge is 0.161 e. The summed E-state index contributed by atoms with van der Waals surface area (Å²) in [5, 5.41) is 0. The van der Waals surface area contributed by atoms with Crippen LogP contribution in [0.1, 0.15) is 53.4 Å². The van der Waals surface area contributed by atoms with Crippen LogP contribution in [0.25, 0.3) is 0 Å². The second kappa shape index (κ2) is 7.98. The van der Waals surface area contributed by atoms with E-state index in [1.807, 2.05) is 13.8 Å². The molecule has 0 amide bonds. The molecule has 0 saturated carbocycles. The summed E-state index contributed by atoms with van der Waals surface area (Å²) in [5.74, 6) is 0.678. The van der Waals surface area contributed by atoms with Crippen molar-refractivity contribution < 1.29 is 9.53 Å². The SMILES string of the molecule is CCCC(=O)C(OCC)C(CC)CC. The summed E-state index contributed by atoms with van der Waals surface area (Å²) in [7, 11) is 0. The highest BCUT2D eigenvalue weighted by Crippen LogP contribution is 2.18. The van der Waals surface area contributed by atoms with E-state index in [0.717, 1.165) is 19.3 Å². The molecule has 0 aliphatic heterocycles. The fourth-order valence-electron chi connectivity index (χ4n) is 1.78. The van der Waals surface area contributed by atoms with Crippen LogP contribution in [0.2, 0.25) is 0 Å². The van der Waals surface area contributed by atoms with Crippen LogP contribution < -0.4 is 0 Å². The van der Waals surface area contributed by atoms with Gasteiger partial charge in [-0.25, -0.2) is 0 Å². The Morgan fingerprint density at radius 1 is 1.14 bits per heavy atom. The number of hydrogen-bond acceptors (Lipinski definition) is 2. The second-order valence-corrected chi connectivity index (χ2v) is 3.67. The van der Waals surface area contributed by atoms with E-state index >= 15 is 0 Å². The second-order valence-electron chi connectivity index (χ2n) is 3.67. The Morgan fingerprint density at radius 2 is 1.71 bits per heavy atom. The molecule has 0 aliphatic rings. The van der Waals surface area contributed by atoms with Crippen LogP contribution in [0, 0.1) is 5.92 Å².